The molecular weight excluding hydrogens is 183 g/mol. The Bertz CT molecular complexity index is 445. The normalized spacial score (nSPS) is 12.9. The first-order valence-electron chi connectivity index (χ1n) is 3.76. The monoisotopic (exact) mass is 186 g/mol. The molecular formula is C8H3BN2O3. The second kappa shape index (κ2) is 3.39. The van der Waals surface area contributed by atoms with Crippen LogP contribution in [0.5, 0.6) is 5.75 Å². The van der Waals surface area contributed by atoms with Crippen molar-refractivity contribution in [2.75, 3.05) is 0 Å². The number of hydrogen-bond acceptors (Lipinski definition) is 5. The molecule has 6 heteroatoms. The third-order valence-corrected chi connectivity index (χ3v) is 1.64. The first kappa shape index (κ1) is 8.58. The Morgan fingerprint density at radius 1 is 1.14 bits per heavy atom. The lowest BCUT2D eigenvalue weighted by Crippen LogP contribution is -2.03. The molecule has 1 heterocycles. The van der Waals surface area contributed by atoms with Crippen LogP contribution in [0.25, 0.3) is 0 Å². The summed E-state index contributed by atoms with van der Waals surface area (Å²) in [6, 6.07) is 8.34. The summed E-state index contributed by atoms with van der Waals surface area (Å²) in [5.41, 5.74) is 0.586. The van der Waals surface area contributed by atoms with Gasteiger partial charge in [-0.1, -0.05) is 0 Å². The van der Waals surface area contributed by atoms with Gasteiger partial charge in [0.15, 0.2) is 0 Å². The van der Waals surface area contributed by atoms with Crippen molar-refractivity contribution >= 4 is 7.32 Å². The summed E-state index contributed by atoms with van der Waals surface area (Å²) in [5, 5.41) is 17.3. The van der Waals surface area contributed by atoms with Gasteiger partial charge >= 0.3 is 7.32 Å². The van der Waals surface area contributed by atoms with Crippen molar-refractivity contribution in [3.8, 4) is 17.9 Å². The van der Waals surface area contributed by atoms with Crippen LogP contribution in [0.1, 0.15) is 11.1 Å². The lowest BCUT2D eigenvalue weighted by Gasteiger charge is -2.00. The van der Waals surface area contributed by atoms with Gasteiger partial charge in [-0.2, -0.15) is 10.5 Å². The third-order valence-electron chi connectivity index (χ3n) is 1.64. The zero-order chi connectivity index (χ0) is 9.97. The molecule has 1 aliphatic rings. The van der Waals surface area contributed by atoms with Crippen molar-refractivity contribution in [1.29, 1.82) is 10.5 Å². The minimum absolute atomic E-state index is 0.269. The second-order valence-electron chi connectivity index (χ2n) is 2.53. The van der Waals surface area contributed by atoms with Crippen molar-refractivity contribution in [2.24, 2.45) is 0 Å². The number of nitrogens with zero attached hydrogens (tertiary/aromatic N) is 2. The Labute approximate surface area is 80.1 Å². The van der Waals surface area contributed by atoms with E-state index in [0.29, 0.717) is 11.3 Å². The summed E-state index contributed by atoms with van der Waals surface area (Å²) in [4.78, 5) is 8.74. The van der Waals surface area contributed by atoms with Gasteiger partial charge in [0.05, 0.1) is 11.1 Å². The lowest BCUT2D eigenvalue weighted by molar-refractivity contribution is 0.0850. The van der Waals surface area contributed by atoms with E-state index in [-0.39, 0.29) is 5.56 Å². The van der Waals surface area contributed by atoms with Crippen LogP contribution in [-0.2, 0) is 9.61 Å². The molecule has 0 aliphatic carbocycles. The smallest absolute Gasteiger partial charge is 0.509 e. The third kappa shape index (κ3) is 1.67. The maximum atomic E-state index is 8.70. The van der Waals surface area contributed by atoms with Gasteiger partial charge in [-0.15, -0.1) is 0 Å². The minimum Gasteiger partial charge on any atom is -0.509 e. The maximum Gasteiger partial charge on any atom is 0.768 e. The van der Waals surface area contributed by atoms with Crippen LogP contribution in [0.15, 0.2) is 18.2 Å². The van der Waals surface area contributed by atoms with Gasteiger partial charge in [0, 0.05) is 0 Å². The van der Waals surface area contributed by atoms with Gasteiger partial charge < -0.3 is 4.65 Å². The summed E-state index contributed by atoms with van der Waals surface area (Å²) in [5.74, 6) is 0.433. The predicted octanol–water partition coefficient (Wildman–Crippen LogP) is 0.755. The Hall–Kier alpha value is -2.02. The molecule has 2 rings (SSSR count). The number of rotatable bonds is 2. The average molecular weight is 186 g/mol. The first-order chi connectivity index (χ1) is 6.83. The largest absolute Gasteiger partial charge is 0.768 e. The van der Waals surface area contributed by atoms with Crippen LogP contribution in [0, 0.1) is 22.7 Å². The second-order valence-corrected chi connectivity index (χ2v) is 2.53. The van der Waals surface area contributed by atoms with E-state index in [0.717, 1.165) is 0 Å². The summed E-state index contributed by atoms with van der Waals surface area (Å²) >= 11 is 0. The molecule has 66 valence electrons. The highest BCUT2D eigenvalue weighted by Crippen LogP contribution is 2.20. The lowest BCUT2D eigenvalue weighted by atomic mass is 10.1. The summed E-state index contributed by atoms with van der Waals surface area (Å²) in [6.45, 7) is 0. The Kier molecular flexibility index (Phi) is 2.07. The molecule has 0 spiro atoms. The van der Waals surface area contributed by atoms with E-state index < -0.39 is 7.32 Å². The fraction of sp³-hybridized carbons (Fsp3) is 0. The van der Waals surface area contributed by atoms with E-state index >= 15 is 0 Å². The SMILES string of the molecule is N#Cc1ccc(OB2OO2)cc1C#N. The van der Waals surface area contributed by atoms with Crippen LogP contribution in [0.4, 0.5) is 0 Å². The van der Waals surface area contributed by atoms with Crippen molar-refractivity contribution in [3.05, 3.63) is 29.3 Å². The molecule has 0 atom stereocenters. The number of nitriles is 2. The Morgan fingerprint density at radius 2 is 1.86 bits per heavy atom. The molecule has 0 aromatic heterocycles. The van der Waals surface area contributed by atoms with Crippen LogP contribution < -0.4 is 4.65 Å². The van der Waals surface area contributed by atoms with Crippen LogP contribution in [0.2, 0.25) is 0 Å². The van der Waals surface area contributed by atoms with Gasteiger partial charge in [0.25, 0.3) is 0 Å². The molecule has 0 saturated carbocycles. The molecule has 1 fully saturated rings. The molecule has 1 aliphatic heterocycles. The zero-order valence-electron chi connectivity index (χ0n) is 6.93. The highest BCUT2D eigenvalue weighted by atomic mass is 17.4. The van der Waals surface area contributed by atoms with E-state index in [2.05, 4.69) is 9.61 Å². The van der Waals surface area contributed by atoms with E-state index in [1.165, 1.54) is 12.1 Å². The van der Waals surface area contributed by atoms with Gasteiger partial charge in [0.1, 0.15) is 17.9 Å². The van der Waals surface area contributed by atoms with Crippen molar-refractivity contribution in [2.45, 2.75) is 0 Å². The highest BCUT2D eigenvalue weighted by molar-refractivity contribution is 6.43. The van der Waals surface area contributed by atoms with Gasteiger partial charge in [-0.25, -0.2) is 9.61 Å². The Morgan fingerprint density at radius 3 is 2.43 bits per heavy atom. The van der Waals surface area contributed by atoms with Gasteiger partial charge in [-0.05, 0) is 18.2 Å². The average Bonchev–Trinajstić information content (AvgIpc) is 3.01. The van der Waals surface area contributed by atoms with Crippen LogP contribution >= 0.6 is 0 Å². The Balaban J connectivity index is 2.28. The predicted molar refractivity (Wildman–Crippen MR) is 44.4 cm³/mol. The fourth-order valence-electron chi connectivity index (χ4n) is 0.960. The first-order valence-corrected chi connectivity index (χ1v) is 3.76. The van der Waals surface area contributed by atoms with Crippen molar-refractivity contribution < 1.29 is 14.3 Å². The van der Waals surface area contributed by atoms with Gasteiger partial charge in [-0.3, -0.25) is 0 Å². The van der Waals surface area contributed by atoms with Crippen molar-refractivity contribution in [1.82, 2.24) is 0 Å². The maximum absolute atomic E-state index is 8.70. The molecule has 0 unspecified atom stereocenters. The molecule has 0 N–H and O–H groups in total. The van der Waals surface area contributed by atoms with E-state index in [1.54, 1.807) is 6.07 Å². The van der Waals surface area contributed by atoms with E-state index in [9.17, 15) is 0 Å². The molecule has 0 radical (unpaired) electrons. The van der Waals surface area contributed by atoms with Crippen molar-refractivity contribution in [3.63, 3.8) is 0 Å². The molecule has 0 bridgehead atoms. The minimum atomic E-state index is -0.686. The summed E-state index contributed by atoms with van der Waals surface area (Å²) < 4.78 is 5.06. The fourth-order valence-corrected chi connectivity index (χ4v) is 0.960. The summed E-state index contributed by atoms with van der Waals surface area (Å²) in [7, 11) is -0.686. The zero-order valence-corrected chi connectivity index (χ0v) is 6.93. The molecule has 14 heavy (non-hydrogen) atoms. The highest BCUT2D eigenvalue weighted by Gasteiger charge is 2.42. The topological polar surface area (TPSA) is 81.9 Å². The molecule has 1 aromatic rings. The number of hydrogen-bond donors (Lipinski definition) is 0. The molecule has 1 aromatic carbocycles. The van der Waals surface area contributed by atoms with Crippen LogP contribution in [-0.4, -0.2) is 7.32 Å². The van der Waals surface area contributed by atoms with Crippen LogP contribution in [0.3, 0.4) is 0 Å². The molecule has 1 saturated heterocycles. The molecule has 5 nitrogen and oxygen atoms in total. The molecule has 0 amide bonds. The quantitative estimate of drug-likeness (QED) is 0.386. The van der Waals surface area contributed by atoms with E-state index in [1.807, 2.05) is 12.1 Å². The number of benzene rings is 1. The van der Waals surface area contributed by atoms with Gasteiger partial charge in [0.2, 0.25) is 0 Å². The van der Waals surface area contributed by atoms with E-state index in [4.69, 9.17) is 15.2 Å². The summed E-state index contributed by atoms with van der Waals surface area (Å²) in [6.07, 6.45) is 0. The standard InChI is InChI=1S/C8H3BN2O3/c10-4-6-1-2-8(3-7(6)5-11)12-9-13-14-9/h1-3H.